The lowest BCUT2D eigenvalue weighted by Gasteiger charge is -2.34. The van der Waals surface area contributed by atoms with E-state index in [9.17, 15) is 4.39 Å². The van der Waals surface area contributed by atoms with E-state index in [0.717, 1.165) is 44.7 Å². The number of piperazine rings is 1. The van der Waals surface area contributed by atoms with E-state index in [1.165, 1.54) is 11.6 Å². The van der Waals surface area contributed by atoms with Crippen LogP contribution in [0.4, 0.5) is 16.2 Å². The normalized spacial score (nSPS) is 14.3. The Labute approximate surface area is 231 Å². The summed E-state index contributed by atoms with van der Waals surface area (Å²) < 4.78 is 15.8. The van der Waals surface area contributed by atoms with Gasteiger partial charge in [-0.25, -0.2) is 14.1 Å². The second-order valence-electron chi connectivity index (χ2n) is 9.79. The monoisotopic (exact) mass is 541 g/mol. The molecule has 5 aromatic rings. The lowest BCUT2D eigenvalue weighted by atomic mass is 10.1. The second-order valence-corrected chi connectivity index (χ2v) is 10.2. The van der Waals surface area contributed by atoms with E-state index in [0.29, 0.717) is 40.6 Å². The number of hydrogen-bond acceptors (Lipinski definition) is 6. The van der Waals surface area contributed by atoms with Crippen LogP contribution in [-0.2, 0) is 13.0 Å². The average molecular weight is 542 g/mol. The minimum atomic E-state index is -0.481. The molecule has 39 heavy (non-hydrogen) atoms. The highest BCUT2D eigenvalue weighted by Crippen LogP contribution is 2.34. The summed E-state index contributed by atoms with van der Waals surface area (Å²) in [4.78, 5) is 14.4. The summed E-state index contributed by atoms with van der Waals surface area (Å²) in [6.07, 6.45) is 1.02. The van der Waals surface area contributed by atoms with Crippen molar-refractivity contribution in [2.75, 3.05) is 43.4 Å². The topological polar surface area (TPSA) is 76.1 Å². The summed E-state index contributed by atoms with van der Waals surface area (Å²) in [6.45, 7) is 4.93. The van der Waals surface area contributed by atoms with Gasteiger partial charge in [-0.1, -0.05) is 72.3 Å². The molecule has 0 bridgehead atoms. The fourth-order valence-electron chi connectivity index (χ4n) is 5.02. The maximum atomic E-state index is 14.0. The molecule has 1 saturated heterocycles. The highest BCUT2D eigenvalue weighted by molar-refractivity contribution is 6.31. The molecule has 198 valence electrons. The van der Waals surface area contributed by atoms with Gasteiger partial charge in [-0.05, 0) is 35.7 Å². The SMILES string of the molecule is Nc1c2c(-c3ccc(F)c(Cl)c3)nc(N3CCN(CCc4ccccc4)CC3)nc2nn1Cc1ccccc1. The first-order valence-electron chi connectivity index (χ1n) is 13.1. The van der Waals surface area contributed by atoms with Crippen molar-refractivity contribution >= 4 is 34.4 Å². The van der Waals surface area contributed by atoms with Gasteiger partial charge >= 0.3 is 0 Å². The van der Waals surface area contributed by atoms with Crippen LogP contribution in [0.5, 0.6) is 0 Å². The van der Waals surface area contributed by atoms with Crippen molar-refractivity contribution in [2.24, 2.45) is 0 Å². The van der Waals surface area contributed by atoms with Gasteiger partial charge in [0.15, 0.2) is 5.65 Å². The summed E-state index contributed by atoms with van der Waals surface area (Å²) in [7, 11) is 0. The average Bonchev–Trinajstić information content (AvgIpc) is 3.29. The molecular weight excluding hydrogens is 513 g/mol. The van der Waals surface area contributed by atoms with Crippen LogP contribution < -0.4 is 10.6 Å². The molecule has 3 aromatic carbocycles. The number of hydrogen-bond donors (Lipinski definition) is 1. The van der Waals surface area contributed by atoms with Crippen LogP contribution in [0.15, 0.2) is 78.9 Å². The van der Waals surface area contributed by atoms with Crippen molar-refractivity contribution in [3.05, 3.63) is 101 Å². The minimum Gasteiger partial charge on any atom is -0.383 e. The molecule has 2 aromatic heterocycles. The summed E-state index contributed by atoms with van der Waals surface area (Å²) >= 11 is 6.16. The molecule has 1 aliphatic heterocycles. The molecule has 0 aliphatic carbocycles. The van der Waals surface area contributed by atoms with Gasteiger partial charge in [0, 0.05) is 38.3 Å². The Kier molecular flexibility index (Phi) is 7.13. The van der Waals surface area contributed by atoms with Gasteiger partial charge in [0.2, 0.25) is 5.95 Å². The van der Waals surface area contributed by atoms with Crippen LogP contribution in [0.1, 0.15) is 11.1 Å². The van der Waals surface area contributed by atoms with Crippen molar-refractivity contribution < 1.29 is 4.39 Å². The Balaban J connectivity index is 1.30. The fourth-order valence-corrected chi connectivity index (χ4v) is 5.20. The number of nitrogens with zero attached hydrogens (tertiary/aromatic N) is 6. The van der Waals surface area contributed by atoms with Gasteiger partial charge < -0.3 is 10.6 Å². The highest BCUT2D eigenvalue weighted by atomic mass is 35.5. The Bertz CT molecular complexity index is 1580. The molecule has 0 spiro atoms. The van der Waals surface area contributed by atoms with Crippen LogP contribution in [-0.4, -0.2) is 57.4 Å². The third-order valence-corrected chi connectivity index (χ3v) is 7.50. The second kappa shape index (κ2) is 11.0. The van der Waals surface area contributed by atoms with Gasteiger partial charge in [0.05, 0.1) is 22.6 Å². The summed E-state index contributed by atoms with van der Waals surface area (Å²) in [5.41, 5.74) is 10.8. The van der Waals surface area contributed by atoms with Gasteiger partial charge in [-0.2, -0.15) is 4.98 Å². The van der Waals surface area contributed by atoms with Gasteiger partial charge in [-0.15, -0.1) is 5.10 Å². The molecule has 0 atom stereocenters. The van der Waals surface area contributed by atoms with Crippen LogP contribution >= 0.6 is 11.6 Å². The first-order chi connectivity index (χ1) is 19.0. The van der Waals surface area contributed by atoms with E-state index in [4.69, 9.17) is 32.4 Å². The predicted octanol–water partition coefficient (Wildman–Crippen LogP) is 5.28. The fraction of sp³-hybridized carbons (Fsp3) is 0.233. The van der Waals surface area contributed by atoms with E-state index >= 15 is 0 Å². The van der Waals surface area contributed by atoms with E-state index in [2.05, 4.69) is 34.1 Å². The predicted molar refractivity (Wildman–Crippen MR) is 154 cm³/mol. The zero-order valence-corrected chi connectivity index (χ0v) is 22.2. The molecule has 2 N–H and O–H groups in total. The number of anilines is 2. The van der Waals surface area contributed by atoms with Gasteiger partial charge in [0.25, 0.3) is 0 Å². The molecule has 1 fully saturated rings. The maximum absolute atomic E-state index is 14.0. The number of aromatic nitrogens is 4. The molecule has 9 heteroatoms. The van der Waals surface area contributed by atoms with Crippen LogP contribution in [0.25, 0.3) is 22.3 Å². The molecular formula is C30H29ClFN7. The van der Waals surface area contributed by atoms with Crippen LogP contribution in [0.2, 0.25) is 5.02 Å². The zero-order valence-electron chi connectivity index (χ0n) is 21.5. The van der Waals surface area contributed by atoms with E-state index in [1.54, 1.807) is 16.8 Å². The van der Waals surface area contributed by atoms with E-state index < -0.39 is 5.82 Å². The molecule has 0 radical (unpaired) electrons. The third kappa shape index (κ3) is 5.44. The van der Waals surface area contributed by atoms with Crippen molar-refractivity contribution in [3.63, 3.8) is 0 Å². The van der Waals surface area contributed by atoms with E-state index in [1.807, 2.05) is 36.4 Å². The number of benzene rings is 3. The number of rotatable bonds is 7. The quantitative estimate of drug-likeness (QED) is 0.302. The first-order valence-corrected chi connectivity index (χ1v) is 13.5. The van der Waals surface area contributed by atoms with E-state index in [-0.39, 0.29) is 5.02 Å². The molecule has 0 saturated carbocycles. The Morgan fingerprint density at radius 3 is 2.23 bits per heavy atom. The maximum Gasteiger partial charge on any atom is 0.228 e. The molecule has 1 aliphatic rings. The lowest BCUT2D eigenvalue weighted by Crippen LogP contribution is -2.47. The number of nitrogens with two attached hydrogens (primary N) is 1. The molecule has 3 heterocycles. The van der Waals surface area contributed by atoms with Crippen LogP contribution in [0.3, 0.4) is 0 Å². The van der Waals surface area contributed by atoms with Crippen molar-refractivity contribution in [1.29, 1.82) is 0 Å². The summed E-state index contributed by atoms with van der Waals surface area (Å²) in [5.74, 6) is 0.567. The summed E-state index contributed by atoms with van der Waals surface area (Å²) in [6, 6.07) is 25.2. The van der Waals surface area contributed by atoms with Crippen molar-refractivity contribution in [1.82, 2.24) is 24.6 Å². The minimum absolute atomic E-state index is 0.0306. The van der Waals surface area contributed by atoms with Crippen molar-refractivity contribution in [2.45, 2.75) is 13.0 Å². The zero-order chi connectivity index (χ0) is 26.8. The molecule has 0 unspecified atom stereocenters. The lowest BCUT2D eigenvalue weighted by molar-refractivity contribution is 0.260. The smallest absolute Gasteiger partial charge is 0.228 e. The van der Waals surface area contributed by atoms with Gasteiger partial charge in [0.1, 0.15) is 11.6 Å². The Hall–Kier alpha value is -4.01. The first kappa shape index (κ1) is 25.3. The molecule has 6 rings (SSSR count). The Morgan fingerprint density at radius 2 is 1.54 bits per heavy atom. The largest absolute Gasteiger partial charge is 0.383 e. The van der Waals surface area contributed by atoms with Gasteiger partial charge in [-0.3, -0.25) is 4.90 Å². The third-order valence-electron chi connectivity index (χ3n) is 7.21. The number of fused-ring (bicyclic) bond motifs is 1. The molecule has 0 amide bonds. The van der Waals surface area contributed by atoms with Crippen molar-refractivity contribution in [3.8, 4) is 11.3 Å². The highest BCUT2D eigenvalue weighted by Gasteiger charge is 2.24. The number of nitrogen functional groups attached to an aromatic ring is 1. The number of halogens is 2. The standard InChI is InChI=1S/C30H29ClFN7/c31-24-19-23(11-12-25(24)32)27-26-28(33)39(20-22-9-5-2-6-10-22)36-29(26)35-30(34-27)38-17-15-37(16-18-38)14-13-21-7-3-1-4-8-21/h1-12,19H,13-18,20,33H2. The summed E-state index contributed by atoms with van der Waals surface area (Å²) in [5, 5.41) is 5.43. The Morgan fingerprint density at radius 1 is 0.846 bits per heavy atom. The molecule has 7 nitrogen and oxygen atoms in total. The van der Waals surface area contributed by atoms with Crippen LogP contribution in [0, 0.1) is 5.82 Å².